The van der Waals surface area contributed by atoms with Crippen LogP contribution in [0.3, 0.4) is 0 Å². The molecule has 0 bridgehead atoms. The maximum Gasteiger partial charge on any atom is 0.243 e. The number of nitrogens with one attached hydrogen (secondary N) is 2. The highest BCUT2D eigenvalue weighted by molar-refractivity contribution is 7.89. The Morgan fingerprint density at radius 1 is 1.15 bits per heavy atom. The Morgan fingerprint density at radius 2 is 1.73 bits per heavy atom. The number of nitriles is 1. The van der Waals surface area contributed by atoms with E-state index in [0.717, 1.165) is 0 Å². The van der Waals surface area contributed by atoms with Crippen LogP contribution in [0.5, 0.6) is 0 Å². The molecule has 8 nitrogen and oxygen atoms in total. The van der Waals surface area contributed by atoms with Crippen molar-refractivity contribution in [1.29, 1.82) is 5.26 Å². The molecule has 9 heteroatoms. The van der Waals surface area contributed by atoms with Gasteiger partial charge in [0.15, 0.2) is 0 Å². The molecular weight excluding hydrogens is 356 g/mol. The summed E-state index contributed by atoms with van der Waals surface area (Å²) in [5, 5.41) is 14.1. The number of piperidine rings is 1. The van der Waals surface area contributed by atoms with Gasteiger partial charge in [-0.05, 0) is 37.1 Å². The minimum Gasteiger partial charge on any atom is -0.355 e. The molecule has 2 rings (SSSR count). The van der Waals surface area contributed by atoms with E-state index < -0.39 is 10.0 Å². The Labute approximate surface area is 153 Å². The third-order valence-corrected chi connectivity index (χ3v) is 6.16. The van der Waals surface area contributed by atoms with Crippen LogP contribution in [0.4, 0.5) is 0 Å². The predicted molar refractivity (Wildman–Crippen MR) is 94.3 cm³/mol. The lowest BCUT2D eigenvalue weighted by atomic mass is 9.97. The molecule has 1 aromatic rings. The first-order chi connectivity index (χ1) is 12.3. The average molecular weight is 378 g/mol. The summed E-state index contributed by atoms with van der Waals surface area (Å²) in [6.45, 7) is 2.67. The number of rotatable bonds is 6. The molecule has 1 heterocycles. The number of nitrogens with zero attached hydrogens (tertiary/aromatic N) is 2. The fraction of sp³-hybridized carbons (Fsp3) is 0.471. The first-order valence-corrected chi connectivity index (χ1v) is 9.81. The van der Waals surface area contributed by atoms with Crippen molar-refractivity contribution in [3.05, 3.63) is 29.8 Å². The van der Waals surface area contributed by atoms with Gasteiger partial charge in [-0.15, -0.1) is 0 Å². The molecule has 1 aromatic carbocycles. The van der Waals surface area contributed by atoms with Crippen molar-refractivity contribution in [2.75, 3.05) is 26.2 Å². The number of hydrogen-bond donors (Lipinski definition) is 2. The Morgan fingerprint density at radius 3 is 2.27 bits per heavy atom. The molecule has 0 atom stereocenters. The second kappa shape index (κ2) is 8.78. The summed E-state index contributed by atoms with van der Waals surface area (Å²) in [5.41, 5.74) is 0.401. The van der Waals surface area contributed by atoms with Crippen molar-refractivity contribution >= 4 is 21.8 Å². The summed E-state index contributed by atoms with van der Waals surface area (Å²) in [6, 6.07) is 7.75. The van der Waals surface area contributed by atoms with Gasteiger partial charge in [0.25, 0.3) is 0 Å². The molecule has 1 aliphatic rings. The van der Waals surface area contributed by atoms with Crippen molar-refractivity contribution in [1.82, 2.24) is 14.9 Å². The molecule has 0 radical (unpaired) electrons. The number of amides is 2. The molecule has 0 saturated carbocycles. The molecule has 1 aliphatic heterocycles. The standard InChI is InChI=1S/C17H22N4O4S/c1-13(22)19-8-9-20-17(23)15-6-10-21(11-7-15)26(24,25)16-4-2-14(12-18)3-5-16/h2-5,15H,6-11H2,1H3,(H,19,22)(H,20,23). The zero-order valence-electron chi connectivity index (χ0n) is 14.6. The largest absolute Gasteiger partial charge is 0.355 e. The van der Waals surface area contributed by atoms with E-state index in [1.165, 1.54) is 35.5 Å². The Bertz CT molecular complexity index is 791. The highest BCUT2D eigenvalue weighted by atomic mass is 32.2. The maximum atomic E-state index is 12.6. The predicted octanol–water partition coefficient (Wildman–Crippen LogP) is 0.211. The SMILES string of the molecule is CC(=O)NCCNC(=O)C1CCN(S(=O)(=O)c2ccc(C#N)cc2)CC1. The van der Waals surface area contributed by atoms with E-state index in [2.05, 4.69) is 10.6 Å². The van der Waals surface area contributed by atoms with Crippen LogP contribution >= 0.6 is 0 Å². The van der Waals surface area contributed by atoms with Gasteiger partial charge in [-0.1, -0.05) is 0 Å². The van der Waals surface area contributed by atoms with Crippen LogP contribution in [-0.4, -0.2) is 50.7 Å². The van der Waals surface area contributed by atoms with Crippen molar-refractivity contribution in [3.8, 4) is 6.07 Å². The van der Waals surface area contributed by atoms with E-state index in [4.69, 9.17) is 5.26 Å². The Hall–Kier alpha value is -2.44. The minimum absolute atomic E-state index is 0.120. The molecule has 2 N–H and O–H groups in total. The molecule has 0 spiro atoms. The van der Waals surface area contributed by atoms with Crippen LogP contribution in [0.15, 0.2) is 29.2 Å². The molecule has 1 fully saturated rings. The van der Waals surface area contributed by atoms with Gasteiger partial charge in [0.1, 0.15) is 0 Å². The van der Waals surface area contributed by atoms with Crippen LogP contribution in [0.1, 0.15) is 25.3 Å². The summed E-state index contributed by atoms with van der Waals surface area (Å²) >= 11 is 0. The number of carbonyl (C=O) groups excluding carboxylic acids is 2. The number of hydrogen-bond acceptors (Lipinski definition) is 5. The molecule has 0 aromatic heterocycles. The van der Waals surface area contributed by atoms with Gasteiger partial charge in [0.05, 0.1) is 16.5 Å². The topological polar surface area (TPSA) is 119 Å². The second-order valence-electron chi connectivity index (χ2n) is 6.09. The lowest BCUT2D eigenvalue weighted by Crippen LogP contribution is -2.44. The van der Waals surface area contributed by atoms with E-state index in [0.29, 0.717) is 31.5 Å². The fourth-order valence-electron chi connectivity index (χ4n) is 2.78. The van der Waals surface area contributed by atoms with E-state index in [1.807, 2.05) is 6.07 Å². The molecule has 0 aliphatic carbocycles. The van der Waals surface area contributed by atoms with E-state index in [1.54, 1.807) is 0 Å². The molecular formula is C17H22N4O4S. The van der Waals surface area contributed by atoms with Gasteiger partial charge in [-0.25, -0.2) is 8.42 Å². The lowest BCUT2D eigenvalue weighted by molar-refractivity contribution is -0.126. The van der Waals surface area contributed by atoms with Crippen LogP contribution < -0.4 is 10.6 Å². The van der Waals surface area contributed by atoms with Crippen molar-refractivity contribution in [2.45, 2.75) is 24.7 Å². The molecule has 140 valence electrons. The first kappa shape index (κ1) is 19.9. The molecule has 1 saturated heterocycles. The van der Waals surface area contributed by atoms with Crippen molar-refractivity contribution in [3.63, 3.8) is 0 Å². The summed E-state index contributed by atoms with van der Waals surface area (Å²) < 4.78 is 26.7. The third-order valence-electron chi connectivity index (χ3n) is 4.24. The van der Waals surface area contributed by atoms with E-state index in [-0.39, 0.29) is 35.7 Å². The first-order valence-electron chi connectivity index (χ1n) is 8.37. The summed E-state index contributed by atoms with van der Waals surface area (Å²) in [7, 11) is -3.62. The molecule has 26 heavy (non-hydrogen) atoms. The molecule has 0 unspecified atom stereocenters. The zero-order chi connectivity index (χ0) is 19.2. The van der Waals surface area contributed by atoms with Gasteiger partial charge < -0.3 is 10.6 Å². The monoisotopic (exact) mass is 378 g/mol. The van der Waals surface area contributed by atoms with Gasteiger partial charge in [-0.3, -0.25) is 9.59 Å². The minimum atomic E-state index is -3.62. The van der Waals surface area contributed by atoms with Crippen LogP contribution in [0.2, 0.25) is 0 Å². The van der Waals surface area contributed by atoms with Gasteiger partial charge in [0, 0.05) is 39.0 Å². The van der Waals surface area contributed by atoms with Gasteiger partial charge in [-0.2, -0.15) is 9.57 Å². The van der Waals surface area contributed by atoms with E-state index >= 15 is 0 Å². The highest BCUT2D eigenvalue weighted by Crippen LogP contribution is 2.24. The van der Waals surface area contributed by atoms with Gasteiger partial charge in [0.2, 0.25) is 21.8 Å². The van der Waals surface area contributed by atoms with Crippen LogP contribution in [0, 0.1) is 17.2 Å². The van der Waals surface area contributed by atoms with Gasteiger partial charge >= 0.3 is 0 Å². The normalized spacial score (nSPS) is 15.8. The van der Waals surface area contributed by atoms with E-state index in [9.17, 15) is 18.0 Å². The lowest BCUT2D eigenvalue weighted by Gasteiger charge is -2.30. The quantitative estimate of drug-likeness (QED) is 0.686. The summed E-state index contributed by atoms with van der Waals surface area (Å²) in [6.07, 6.45) is 0.892. The fourth-order valence-corrected chi connectivity index (χ4v) is 4.25. The third kappa shape index (κ3) is 5.03. The van der Waals surface area contributed by atoms with Crippen molar-refractivity contribution in [2.24, 2.45) is 5.92 Å². The smallest absolute Gasteiger partial charge is 0.243 e. The van der Waals surface area contributed by atoms with Crippen molar-refractivity contribution < 1.29 is 18.0 Å². The number of sulfonamides is 1. The second-order valence-corrected chi connectivity index (χ2v) is 8.03. The van der Waals surface area contributed by atoms with Crippen LogP contribution in [-0.2, 0) is 19.6 Å². The maximum absolute atomic E-state index is 12.6. The summed E-state index contributed by atoms with van der Waals surface area (Å²) in [4.78, 5) is 23.0. The zero-order valence-corrected chi connectivity index (χ0v) is 15.4. The highest BCUT2D eigenvalue weighted by Gasteiger charge is 2.31. The average Bonchev–Trinajstić information content (AvgIpc) is 2.65. The molecule has 2 amide bonds. The number of carbonyl (C=O) groups is 2. The Kier molecular flexibility index (Phi) is 6.71. The Balaban J connectivity index is 1.87. The van der Waals surface area contributed by atoms with Crippen LogP contribution in [0.25, 0.3) is 0 Å². The number of benzene rings is 1. The summed E-state index contributed by atoms with van der Waals surface area (Å²) in [5.74, 6) is -0.508.